The predicted molar refractivity (Wildman–Crippen MR) is 95.0 cm³/mol. The van der Waals surface area contributed by atoms with E-state index in [0.29, 0.717) is 11.1 Å². The zero-order chi connectivity index (χ0) is 20.0. The second-order valence-corrected chi connectivity index (χ2v) is 5.83. The number of primary amides is 1. The zero-order valence-corrected chi connectivity index (χ0v) is 14.1. The van der Waals surface area contributed by atoms with Crippen LogP contribution in [0.15, 0.2) is 48.5 Å². The number of hydrogen-bond donors (Lipinski definition) is 3. The van der Waals surface area contributed by atoms with Crippen LogP contribution < -0.4 is 11.1 Å². The minimum atomic E-state index is -1.07. The fourth-order valence-corrected chi connectivity index (χ4v) is 2.45. The van der Waals surface area contributed by atoms with Gasteiger partial charge in [-0.1, -0.05) is 24.3 Å². The Labute approximate surface area is 153 Å². The molecular weight excluding hydrogens is 354 g/mol. The normalized spacial score (nSPS) is 11.4. The van der Waals surface area contributed by atoms with Crippen molar-refractivity contribution in [3.63, 3.8) is 0 Å². The van der Waals surface area contributed by atoms with Crippen LogP contribution in [-0.4, -0.2) is 33.9 Å². The molecule has 9 nitrogen and oxygen atoms in total. The lowest BCUT2D eigenvalue weighted by molar-refractivity contribution is -0.384. The number of carboxylic acid groups (broad SMARTS) is 1. The van der Waals surface area contributed by atoms with Crippen molar-refractivity contribution >= 4 is 23.5 Å². The van der Waals surface area contributed by atoms with Gasteiger partial charge in [-0.15, -0.1) is 0 Å². The molecule has 1 atom stereocenters. The first-order valence-electron chi connectivity index (χ1n) is 7.90. The second kappa shape index (κ2) is 8.56. The summed E-state index contributed by atoms with van der Waals surface area (Å²) in [5.41, 5.74) is 6.35. The van der Waals surface area contributed by atoms with Crippen LogP contribution in [-0.2, 0) is 22.4 Å². The Hall–Kier alpha value is -3.75. The maximum absolute atomic E-state index is 12.2. The molecule has 0 aliphatic rings. The average molecular weight is 371 g/mol. The number of nitrogens with one attached hydrogen (secondary N) is 1. The van der Waals surface area contributed by atoms with E-state index in [1.165, 1.54) is 42.5 Å². The van der Waals surface area contributed by atoms with Gasteiger partial charge in [0.2, 0.25) is 11.8 Å². The monoisotopic (exact) mass is 371 g/mol. The van der Waals surface area contributed by atoms with E-state index in [1.54, 1.807) is 6.07 Å². The van der Waals surface area contributed by atoms with Gasteiger partial charge in [0.15, 0.2) is 0 Å². The number of rotatable bonds is 8. The van der Waals surface area contributed by atoms with Crippen molar-refractivity contribution in [2.75, 3.05) is 0 Å². The first-order valence-corrected chi connectivity index (χ1v) is 7.90. The number of benzene rings is 2. The van der Waals surface area contributed by atoms with Gasteiger partial charge in [0.1, 0.15) is 6.04 Å². The highest BCUT2D eigenvalue weighted by atomic mass is 16.6. The Bertz CT molecular complexity index is 879. The van der Waals surface area contributed by atoms with E-state index in [9.17, 15) is 24.5 Å². The van der Waals surface area contributed by atoms with E-state index < -0.39 is 28.7 Å². The van der Waals surface area contributed by atoms with Crippen molar-refractivity contribution in [1.82, 2.24) is 5.32 Å². The van der Waals surface area contributed by atoms with E-state index in [-0.39, 0.29) is 24.1 Å². The van der Waals surface area contributed by atoms with Crippen molar-refractivity contribution in [2.24, 2.45) is 5.73 Å². The van der Waals surface area contributed by atoms with Gasteiger partial charge in [-0.2, -0.15) is 0 Å². The van der Waals surface area contributed by atoms with Crippen molar-refractivity contribution in [2.45, 2.75) is 18.9 Å². The molecule has 27 heavy (non-hydrogen) atoms. The lowest BCUT2D eigenvalue weighted by atomic mass is 10.0. The average Bonchev–Trinajstić information content (AvgIpc) is 2.61. The number of nitrogens with two attached hydrogens (primary N) is 1. The number of carbonyl (C=O) groups excluding carboxylic acids is 2. The molecule has 0 bridgehead atoms. The molecule has 4 N–H and O–H groups in total. The minimum absolute atomic E-state index is 0.0932. The molecule has 0 radical (unpaired) electrons. The van der Waals surface area contributed by atoms with Crippen LogP contribution in [0.2, 0.25) is 0 Å². The Kier molecular flexibility index (Phi) is 6.21. The molecule has 0 aliphatic heterocycles. The van der Waals surface area contributed by atoms with Gasteiger partial charge in [0, 0.05) is 18.6 Å². The highest BCUT2D eigenvalue weighted by Crippen LogP contribution is 2.14. The molecule has 0 aromatic heterocycles. The molecule has 9 heteroatoms. The summed E-state index contributed by atoms with van der Waals surface area (Å²) in [6.07, 6.45) is -0.0562. The maximum Gasteiger partial charge on any atom is 0.335 e. The van der Waals surface area contributed by atoms with Crippen molar-refractivity contribution in [3.8, 4) is 0 Å². The van der Waals surface area contributed by atoms with Crippen LogP contribution in [0.1, 0.15) is 21.5 Å². The van der Waals surface area contributed by atoms with Gasteiger partial charge in [0.05, 0.1) is 16.9 Å². The molecule has 0 saturated heterocycles. The molecule has 2 amide bonds. The molecule has 0 saturated carbocycles. The van der Waals surface area contributed by atoms with Crippen LogP contribution in [0.25, 0.3) is 0 Å². The van der Waals surface area contributed by atoms with Crippen LogP contribution in [0, 0.1) is 10.1 Å². The Balaban J connectivity index is 2.03. The number of carbonyl (C=O) groups is 3. The van der Waals surface area contributed by atoms with Crippen LogP contribution >= 0.6 is 0 Å². The van der Waals surface area contributed by atoms with Gasteiger partial charge >= 0.3 is 5.97 Å². The van der Waals surface area contributed by atoms with Gasteiger partial charge in [-0.05, 0) is 23.3 Å². The third kappa shape index (κ3) is 5.63. The molecule has 140 valence electrons. The number of nitrogens with zero attached hydrogens (tertiary/aromatic N) is 1. The molecule has 2 aromatic rings. The molecule has 0 spiro atoms. The molecule has 0 heterocycles. The molecule has 0 fully saturated rings. The van der Waals surface area contributed by atoms with Crippen LogP contribution in [0.5, 0.6) is 0 Å². The van der Waals surface area contributed by atoms with Crippen molar-refractivity contribution in [1.29, 1.82) is 0 Å². The van der Waals surface area contributed by atoms with Crippen molar-refractivity contribution < 1.29 is 24.4 Å². The molecule has 0 aliphatic carbocycles. The van der Waals surface area contributed by atoms with Gasteiger partial charge in [-0.3, -0.25) is 19.7 Å². The number of carboxylic acids is 1. The Morgan fingerprint density at radius 1 is 1.11 bits per heavy atom. The topological polar surface area (TPSA) is 153 Å². The Morgan fingerprint density at radius 3 is 2.33 bits per heavy atom. The quantitative estimate of drug-likeness (QED) is 0.466. The van der Waals surface area contributed by atoms with Crippen LogP contribution in [0.4, 0.5) is 5.69 Å². The maximum atomic E-state index is 12.2. The van der Waals surface area contributed by atoms with E-state index in [2.05, 4.69) is 5.32 Å². The van der Waals surface area contributed by atoms with Crippen LogP contribution in [0.3, 0.4) is 0 Å². The highest BCUT2D eigenvalue weighted by Gasteiger charge is 2.19. The standard InChI is InChI=1S/C18H17N3O6/c19-17(23)15(9-11-4-6-13(7-5-11)18(24)25)20-16(22)10-12-2-1-3-14(8-12)21(26)27/h1-8,15H,9-10H2,(H2,19,23)(H,20,22)(H,24,25)/t15-/m0/s1. The zero-order valence-electron chi connectivity index (χ0n) is 14.1. The lowest BCUT2D eigenvalue weighted by Crippen LogP contribution is -2.46. The summed E-state index contributed by atoms with van der Waals surface area (Å²) >= 11 is 0. The molecule has 2 aromatic carbocycles. The number of nitro groups is 1. The van der Waals surface area contributed by atoms with E-state index in [1.807, 2.05) is 0 Å². The predicted octanol–water partition coefficient (Wildman–Crippen LogP) is 1.05. The largest absolute Gasteiger partial charge is 0.478 e. The SMILES string of the molecule is NC(=O)[C@H](Cc1ccc(C(=O)O)cc1)NC(=O)Cc1cccc([N+](=O)[O-])c1. The summed E-state index contributed by atoms with van der Waals surface area (Å²) in [5, 5.41) is 22.2. The van der Waals surface area contributed by atoms with E-state index >= 15 is 0 Å². The summed E-state index contributed by atoms with van der Waals surface area (Å²) in [6, 6.07) is 10.5. The van der Waals surface area contributed by atoms with Gasteiger partial charge < -0.3 is 16.2 Å². The smallest absolute Gasteiger partial charge is 0.335 e. The second-order valence-electron chi connectivity index (χ2n) is 5.83. The van der Waals surface area contributed by atoms with E-state index in [0.717, 1.165) is 0 Å². The van der Waals surface area contributed by atoms with Gasteiger partial charge in [-0.25, -0.2) is 4.79 Å². The molecular formula is C18H17N3O6. The number of amides is 2. The summed E-state index contributed by atoms with van der Waals surface area (Å²) < 4.78 is 0. The fourth-order valence-electron chi connectivity index (χ4n) is 2.45. The fraction of sp³-hybridized carbons (Fsp3) is 0.167. The molecule has 2 rings (SSSR count). The highest BCUT2D eigenvalue weighted by molar-refractivity contribution is 5.88. The summed E-state index contributed by atoms with van der Waals surface area (Å²) in [7, 11) is 0. The Morgan fingerprint density at radius 2 is 1.78 bits per heavy atom. The first kappa shape index (κ1) is 19.6. The van der Waals surface area contributed by atoms with Crippen molar-refractivity contribution in [3.05, 3.63) is 75.3 Å². The summed E-state index contributed by atoms with van der Waals surface area (Å²) in [6.45, 7) is 0. The third-order valence-corrected chi connectivity index (χ3v) is 3.81. The third-order valence-electron chi connectivity index (χ3n) is 3.81. The first-order chi connectivity index (χ1) is 12.8. The number of aromatic carboxylic acids is 1. The molecule has 0 unspecified atom stereocenters. The lowest BCUT2D eigenvalue weighted by Gasteiger charge is -2.16. The number of non-ortho nitro benzene ring substituents is 1. The van der Waals surface area contributed by atoms with E-state index in [4.69, 9.17) is 10.8 Å². The summed E-state index contributed by atoms with van der Waals surface area (Å²) in [5.74, 6) is -2.33. The number of hydrogen-bond acceptors (Lipinski definition) is 5. The summed E-state index contributed by atoms with van der Waals surface area (Å²) in [4.78, 5) is 44.9. The van der Waals surface area contributed by atoms with Gasteiger partial charge in [0.25, 0.3) is 5.69 Å². The minimum Gasteiger partial charge on any atom is -0.478 e. The number of nitro benzene ring substituents is 1.